The van der Waals surface area contributed by atoms with E-state index in [1.54, 1.807) is 11.1 Å². The van der Waals surface area contributed by atoms with E-state index in [9.17, 15) is 9.59 Å². The van der Waals surface area contributed by atoms with Crippen molar-refractivity contribution in [3.63, 3.8) is 0 Å². The number of carbonyl (C=O) groups is 2. The molecule has 0 saturated heterocycles. The molecule has 3 rings (SSSR count). The van der Waals surface area contributed by atoms with E-state index < -0.39 is 0 Å². The van der Waals surface area contributed by atoms with Gasteiger partial charge in [-0.3, -0.25) is 14.6 Å². The molecule has 5 heteroatoms. The minimum Gasteiger partial charge on any atom is -0.359 e. The molecule has 2 aromatic carbocycles. The van der Waals surface area contributed by atoms with Crippen LogP contribution in [0.2, 0.25) is 0 Å². The van der Waals surface area contributed by atoms with Gasteiger partial charge in [0.15, 0.2) is 0 Å². The Bertz CT molecular complexity index is 943. The van der Waals surface area contributed by atoms with Gasteiger partial charge in [0.1, 0.15) is 0 Å². The predicted molar refractivity (Wildman–Crippen MR) is 115 cm³/mol. The molecule has 0 radical (unpaired) electrons. The Balaban J connectivity index is 1.94. The van der Waals surface area contributed by atoms with Crippen LogP contribution < -0.4 is 5.32 Å². The van der Waals surface area contributed by atoms with E-state index in [-0.39, 0.29) is 5.91 Å². The van der Waals surface area contributed by atoms with Gasteiger partial charge in [0, 0.05) is 37.0 Å². The first-order valence-electron chi connectivity index (χ1n) is 9.81. The third-order valence-corrected chi connectivity index (χ3v) is 4.77. The standard InChI is InChI=1S/C24H25N3O2/c1-2-27(15-9-14-25-18-28)24(29)21-16-22(19-10-5-3-6-11-19)23(26-17-21)20-12-7-4-8-13-20/h3-8,10-13,16-18H,2,9,14-15H2,1H3,(H,25,28). The third-order valence-electron chi connectivity index (χ3n) is 4.77. The first kappa shape index (κ1) is 20.3. The second-order valence-electron chi connectivity index (χ2n) is 6.66. The fourth-order valence-corrected chi connectivity index (χ4v) is 3.26. The molecule has 148 valence electrons. The molecule has 3 aromatic rings. The molecule has 0 bridgehead atoms. The molecule has 0 unspecified atom stereocenters. The number of carbonyl (C=O) groups excluding carboxylic acids is 2. The second kappa shape index (κ2) is 10.2. The van der Waals surface area contributed by atoms with Crippen molar-refractivity contribution >= 4 is 12.3 Å². The molecule has 1 N–H and O–H groups in total. The average molecular weight is 387 g/mol. The van der Waals surface area contributed by atoms with Crippen LogP contribution in [0.5, 0.6) is 0 Å². The zero-order valence-corrected chi connectivity index (χ0v) is 16.5. The van der Waals surface area contributed by atoms with E-state index in [4.69, 9.17) is 0 Å². The summed E-state index contributed by atoms with van der Waals surface area (Å²) in [7, 11) is 0. The number of hydrogen-bond acceptors (Lipinski definition) is 3. The lowest BCUT2D eigenvalue weighted by Gasteiger charge is -2.21. The zero-order valence-electron chi connectivity index (χ0n) is 16.5. The molecule has 0 atom stereocenters. The molecule has 0 aliphatic heterocycles. The number of benzene rings is 2. The maximum atomic E-state index is 13.1. The normalized spacial score (nSPS) is 10.4. The van der Waals surface area contributed by atoms with Gasteiger partial charge in [0.25, 0.3) is 5.91 Å². The lowest BCUT2D eigenvalue weighted by Crippen LogP contribution is -2.33. The van der Waals surface area contributed by atoms with Crippen molar-refractivity contribution in [2.24, 2.45) is 0 Å². The van der Waals surface area contributed by atoms with Crippen LogP contribution >= 0.6 is 0 Å². The maximum Gasteiger partial charge on any atom is 0.255 e. The molecule has 0 saturated carbocycles. The van der Waals surface area contributed by atoms with Gasteiger partial charge in [0.2, 0.25) is 6.41 Å². The van der Waals surface area contributed by atoms with Gasteiger partial charge in [-0.1, -0.05) is 60.7 Å². The summed E-state index contributed by atoms with van der Waals surface area (Å²) in [5, 5.41) is 2.63. The molecule has 29 heavy (non-hydrogen) atoms. The largest absolute Gasteiger partial charge is 0.359 e. The van der Waals surface area contributed by atoms with Crippen molar-refractivity contribution in [2.45, 2.75) is 13.3 Å². The van der Waals surface area contributed by atoms with Gasteiger partial charge in [0.05, 0.1) is 11.3 Å². The number of aromatic nitrogens is 1. The van der Waals surface area contributed by atoms with Crippen LogP contribution in [-0.4, -0.2) is 41.8 Å². The Hall–Kier alpha value is -3.47. The highest BCUT2D eigenvalue weighted by atomic mass is 16.2. The van der Waals surface area contributed by atoms with Crippen LogP contribution in [-0.2, 0) is 4.79 Å². The van der Waals surface area contributed by atoms with Crippen molar-refractivity contribution in [3.05, 3.63) is 78.5 Å². The lowest BCUT2D eigenvalue weighted by atomic mass is 9.97. The summed E-state index contributed by atoms with van der Waals surface area (Å²) in [6.45, 7) is 3.68. The first-order valence-corrected chi connectivity index (χ1v) is 9.81. The molecule has 0 spiro atoms. The van der Waals surface area contributed by atoms with Crippen molar-refractivity contribution in [2.75, 3.05) is 19.6 Å². The summed E-state index contributed by atoms with van der Waals surface area (Å²) in [4.78, 5) is 29.9. The van der Waals surface area contributed by atoms with Crippen molar-refractivity contribution < 1.29 is 9.59 Å². The minimum absolute atomic E-state index is 0.0529. The predicted octanol–water partition coefficient (Wildman–Crippen LogP) is 4.01. The van der Waals surface area contributed by atoms with Crippen LogP contribution in [0.4, 0.5) is 0 Å². The Morgan fingerprint density at radius 3 is 2.31 bits per heavy atom. The Morgan fingerprint density at radius 2 is 1.69 bits per heavy atom. The highest BCUT2D eigenvalue weighted by Crippen LogP contribution is 2.31. The number of rotatable bonds is 9. The highest BCUT2D eigenvalue weighted by molar-refractivity contribution is 5.96. The van der Waals surface area contributed by atoms with E-state index in [0.717, 1.165) is 22.4 Å². The number of nitrogens with one attached hydrogen (secondary N) is 1. The number of amides is 2. The van der Waals surface area contributed by atoms with Crippen LogP contribution in [0, 0.1) is 0 Å². The van der Waals surface area contributed by atoms with Gasteiger partial charge in [-0.25, -0.2) is 0 Å². The van der Waals surface area contributed by atoms with E-state index in [2.05, 4.69) is 10.3 Å². The molecular weight excluding hydrogens is 362 g/mol. The Morgan fingerprint density at radius 1 is 1.03 bits per heavy atom. The molecule has 0 fully saturated rings. The minimum atomic E-state index is -0.0529. The molecule has 2 amide bonds. The van der Waals surface area contributed by atoms with Gasteiger partial charge in [-0.05, 0) is 25.0 Å². The number of hydrogen-bond donors (Lipinski definition) is 1. The summed E-state index contributed by atoms with van der Waals surface area (Å²) in [5.74, 6) is -0.0529. The molecule has 5 nitrogen and oxygen atoms in total. The third kappa shape index (κ3) is 5.08. The van der Waals surface area contributed by atoms with Crippen molar-refractivity contribution in [1.29, 1.82) is 0 Å². The molecule has 1 heterocycles. The number of nitrogens with zero attached hydrogens (tertiary/aromatic N) is 2. The first-order chi connectivity index (χ1) is 14.2. The Labute approximate surface area is 171 Å². The maximum absolute atomic E-state index is 13.1. The van der Waals surface area contributed by atoms with E-state index >= 15 is 0 Å². The number of pyridine rings is 1. The van der Waals surface area contributed by atoms with Crippen molar-refractivity contribution in [3.8, 4) is 22.4 Å². The highest BCUT2D eigenvalue weighted by Gasteiger charge is 2.18. The van der Waals surface area contributed by atoms with Crippen LogP contribution in [0.15, 0.2) is 72.9 Å². The fourth-order valence-electron chi connectivity index (χ4n) is 3.26. The summed E-state index contributed by atoms with van der Waals surface area (Å²) in [5.41, 5.74) is 4.38. The van der Waals surface area contributed by atoms with Crippen LogP contribution in [0.3, 0.4) is 0 Å². The molecule has 0 aliphatic carbocycles. The topological polar surface area (TPSA) is 62.3 Å². The summed E-state index contributed by atoms with van der Waals surface area (Å²) in [6.07, 6.45) is 3.04. The molecule has 0 aliphatic rings. The van der Waals surface area contributed by atoms with E-state index in [0.29, 0.717) is 38.0 Å². The summed E-state index contributed by atoms with van der Waals surface area (Å²) in [6, 6.07) is 21.9. The van der Waals surface area contributed by atoms with Gasteiger partial charge in [-0.15, -0.1) is 0 Å². The van der Waals surface area contributed by atoms with E-state index in [1.165, 1.54) is 0 Å². The van der Waals surface area contributed by atoms with E-state index in [1.807, 2.05) is 73.7 Å². The Kier molecular flexibility index (Phi) is 7.11. The van der Waals surface area contributed by atoms with Crippen LogP contribution in [0.25, 0.3) is 22.4 Å². The monoisotopic (exact) mass is 387 g/mol. The molecular formula is C24H25N3O2. The quantitative estimate of drug-likeness (QED) is 0.446. The summed E-state index contributed by atoms with van der Waals surface area (Å²) < 4.78 is 0. The van der Waals surface area contributed by atoms with Crippen LogP contribution in [0.1, 0.15) is 23.7 Å². The van der Waals surface area contributed by atoms with Crippen molar-refractivity contribution in [1.82, 2.24) is 15.2 Å². The SMILES string of the molecule is CCN(CCCNC=O)C(=O)c1cnc(-c2ccccc2)c(-c2ccccc2)c1. The summed E-state index contributed by atoms with van der Waals surface area (Å²) >= 11 is 0. The van der Waals surface area contributed by atoms with Gasteiger partial charge in [-0.2, -0.15) is 0 Å². The second-order valence-corrected chi connectivity index (χ2v) is 6.66. The zero-order chi connectivity index (χ0) is 20.5. The fraction of sp³-hybridized carbons (Fsp3) is 0.208. The molecule has 1 aromatic heterocycles. The lowest BCUT2D eigenvalue weighted by molar-refractivity contribution is -0.109. The van der Waals surface area contributed by atoms with Gasteiger partial charge >= 0.3 is 0 Å². The van der Waals surface area contributed by atoms with Gasteiger partial charge < -0.3 is 10.2 Å². The smallest absolute Gasteiger partial charge is 0.255 e. The average Bonchev–Trinajstić information content (AvgIpc) is 2.79.